The highest BCUT2D eigenvalue weighted by atomic mass is 79.9. The number of halogens is 3. The van der Waals surface area contributed by atoms with Gasteiger partial charge in [0.25, 0.3) is 0 Å². The number of rotatable bonds is 6. The predicted molar refractivity (Wildman–Crippen MR) is 71.5 cm³/mol. The number of anilines is 1. The summed E-state index contributed by atoms with van der Waals surface area (Å²) in [5.74, 6) is -1.02. The zero-order chi connectivity index (χ0) is 13.8. The summed E-state index contributed by atoms with van der Waals surface area (Å²) >= 11 is 2.88. The molecule has 0 saturated heterocycles. The van der Waals surface area contributed by atoms with Crippen molar-refractivity contribution in [1.29, 1.82) is 0 Å². The Bertz CT molecular complexity index is 520. The molecule has 3 nitrogen and oxygen atoms in total. The molecule has 1 aromatic rings. The van der Waals surface area contributed by atoms with E-state index in [-0.39, 0.29) is 28.2 Å². The van der Waals surface area contributed by atoms with Gasteiger partial charge in [0, 0.05) is 18.4 Å². The summed E-state index contributed by atoms with van der Waals surface area (Å²) in [6.07, 6.45) is 0.354. The van der Waals surface area contributed by atoms with Gasteiger partial charge in [0.1, 0.15) is 21.5 Å². The van der Waals surface area contributed by atoms with Gasteiger partial charge in [0.05, 0.1) is 15.9 Å². The van der Waals surface area contributed by atoms with Gasteiger partial charge in [-0.05, 0) is 28.4 Å². The van der Waals surface area contributed by atoms with Gasteiger partial charge < -0.3 is 5.32 Å². The van der Waals surface area contributed by atoms with Crippen molar-refractivity contribution in [3.05, 3.63) is 28.2 Å². The van der Waals surface area contributed by atoms with Crippen molar-refractivity contribution in [2.24, 2.45) is 0 Å². The van der Waals surface area contributed by atoms with E-state index >= 15 is 0 Å². The first kappa shape index (κ1) is 15.4. The zero-order valence-corrected chi connectivity index (χ0v) is 12.2. The summed E-state index contributed by atoms with van der Waals surface area (Å²) in [6.45, 7) is 1.85. The molecule has 0 saturated carbocycles. The first-order chi connectivity index (χ1) is 8.35. The van der Waals surface area contributed by atoms with Crippen LogP contribution in [-0.4, -0.2) is 26.5 Å². The molecule has 0 unspecified atom stereocenters. The van der Waals surface area contributed by atoms with Crippen LogP contribution in [0.5, 0.6) is 0 Å². The molecule has 0 aliphatic heterocycles. The van der Waals surface area contributed by atoms with Gasteiger partial charge in [-0.25, -0.2) is 17.2 Å². The van der Waals surface area contributed by atoms with Gasteiger partial charge in [-0.2, -0.15) is 0 Å². The largest absolute Gasteiger partial charge is 0.383 e. The maximum atomic E-state index is 13.4. The molecule has 1 rings (SSSR count). The fraction of sp³-hybridized carbons (Fsp3) is 0.455. The van der Waals surface area contributed by atoms with Crippen LogP contribution in [0.25, 0.3) is 0 Å². The van der Waals surface area contributed by atoms with Crippen LogP contribution >= 0.6 is 15.9 Å². The highest BCUT2D eigenvalue weighted by Crippen LogP contribution is 2.23. The van der Waals surface area contributed by atoms with Crippen LogP contribution in [0.1, 0.15) is 13.3 Å². The highest BCUT2D eigenvalue weighted by molar-refractivity contribution is 9.10. The third-order valence-corrected chi connectivity index (χ3v) is 4.80. The third kappa shape index (κ3) is 4.53. The molecular formula is C11H14BrF2NO2S. The van der Waals surface area contributed by atoms with E-state index in [2.05, 4.69) is 21.2 Å². The van der Waals surface area contributed by atoms with E-state index < -0.39 is 21.5 Å². The SMILES string of the molecule is CCS(=O)(=O)CCCNc1cc(F)c(Br)cc1F. The van der Waals surface area contributed by atoms with E-state index in [9.17, 15) is 17.2 Å². The monoisotopic (exact) mass is 341 g/mol. The molecule has 0 atom stereocenters. The number of benzene rings is 1. The Kier molecular flexibility index (Phi) is 5.52. The number of nitrogens with one attached hydrogen (secondary N) is 1. The van der Waals surface area contributed by atoms with Crippen molar-refractivity contribution < 1.29 is 17.2 Å². The van der Waals surface area contributed by atoms with Crippen LogP contribution in [0.4, 0.5) is 14.5 Å². The van der Waals surface area contributed by atoms with E-state index in [1.165, 1.54) is 0 Å². The predicted octanol–water partition coefficient (Wildman–Crippen LogP) is 2.96. The summed E-state index contributed by atoms with van der Waals surface area (Å²) in [5, 5.41) is 2.68. The van der Waals surface area contributed by atoms with Crippen LogP contribution in [0, 0.1) is 11.6 Å². The number of sulfone groups is 1. The molecule has 0 aliphatic carbocycles. The van der Waals surface area contributed by atoms with Gasteiger partial charge in [0.2, 0.25) is 0 Å². The molecule has 0 radical (unpaired) electrons. The molecule has 0 bridgehead atoms. The zero-order valence-electron chi connectivity index (χ0n) is 9.84. The lowest BCUT2D eigenvalue weighted by molar-refractivity contribution is 0.593. The molecule has 102 valence electrons. The first-order valence-electron chi connectivity index (χ1n) is 5.44. The maximum absolute atomic E-state index is 13.4. The minimum Gasteiger partial charge on any atom is -0.383 e. The molecule has 1 N–H and O–H groups in total. The maximum Gasteiger partial charge on any atom is 0.150 e. The fourth-order valence-electron chi connectivity index (χ4n) is 1.32. The van der Waals surface area contributed by atoms with Gasteiger partial charge in [-0.1, -0.05) is 6.92 Å². The molecule has 0 amide bonds. The minimum absolute atomic E-state index is 0.0320. The minimum atomic E-state index is -3.01. The average molecular weight is 342 g/mol. The topological polar surface area (TPSA) is 46.2 Å². The lowest BCUT2D eigenvalue weighted by Gasteiger charge is -2.08. The molecule has 18 heavy (non-hydrogen) atoms. The van der Waals surface area contributed by atoms with Crippen molar-refractivity contribution in [3.63, 3.8) is 0 Å². The van der Waals surface area contributed by atoms with Crippen molar-refractivity contribution >= 4 is 31.5 Å². The Morgan fingerprint density at radius 1 is 1.28 bits per heavy atom. The molecular weight excluding hydrogens is 328 g/mol. The van der Waals surface area contributed by atoms with Gasteiger partial charge >= 0.3 is 0 Å². The quantitative estimate of drug-likeness (QED) is 0.639. The Morgan fingerprint density at radius 3 is 2.56 bits per heavy atom. The van der Waals surface area contributed by atoms with Crippen LogP contribution in [-0.2, 0) is 9.84 Å². The lowest BCUT2D eigenvalue weighted by Crippen LogP contribution is -2.13. The van der Waals surface area contributed by atoms with Gasteiger partial charge in [-0.15, -0.1) is 0 Å². The Hall–Kier alpha value is -0.690. The smallest absolute Gasteiger partial charge is 0.150 e. The standard InChI is InChI=1S/C11H14BrF2NO2S/c1-2-18(16,17)5-3-4-15-11-7-9(13)8(12)6-10(11)14/h6-7,15H,2-5H2,1H3. The van der Waals surface area contributed by atoms with E-state index in [1.807, 2.05) is 0 Å². The number of hydrogen-bond acceptors (Lipinski definition) is 3. The van der Waals surface area contributed by atoms with E-state index in [1.54, 1.807) is 6.92 Å². The van der Waals surface area contributed by atoms with Gasteiger partial charge in [-0.3, -0.25) is 0 Å². The van der Waals surface area contributed by atoms with Gasteiger partial charge in [0.15, 0.2) is 0 Å². The van der Waals surface area contributed by atoms with Crippen LogP contribution in [0.15, 0.2) is 16.6 Å². The second kappa shape index (κ2) is 6.47. The summed E-state index contributed by atoms with van der Waals surface area (Å²) < 4.78 is 49.0. The fourth-order valence-corrected chi connectivity index (χ4v) is 2.51. The molecule has 0 aliphatic rings. The molecule has 0 aromatic heterocycles. The number of hydrogen-bond donors (Lipinski definition) is 1. The second-order valence-electron chi connectivity index (χ2n) is 3.76. The Balaban J connectivity index is 2.52. The summed E-state index contributed by atoms with van der Waals surface area (Å²) in [7, 11) is -3.01. The second-order valence-corrected chi connectivity index (χ2v) is 7.09. The van der Waals surface area contributed by atoms with Crippen molar-refractivity contribution in [1.82, 2.24) is 0 Å². The molecule has 0 spiro atoms. The third-order valence-electron chi connectivity index (χ3n) is 2.40. The summed E-state index contributed by atoms with van der Waals surface area (Å²) in [4.78, 5) is 0. The summed E-state index contributed by atoms with van der Waals surface area (Å²) in [5.41, 5.74) is 0.0320. The summed E-state index contributed by atoms with van der Waals surface area (Å²) in [6, 6.07) is 2.06. The molecule has 7 heteroatoms. The Labute approximate surface area is 114 Å². The molecule has 0 fully saturated rings. The van der Waals surface area contributed by atoms with Crippen molar-refractivity contribution in [2.75, 3.05) is 23.4 Å². The highest BCUT2D eigenvalue weighted by Gasteiger charge is 2.09. The molecule has 0 heterocycles. The van der Waals surface area contributed by atoms with Crippen molar-refractivity contribution in [3.8, 4) is 0 Å². The average Bonchev–Trinajstić information content (AvgIpc) is 2.31. The van der Waals surface area contributed by atoms with Crippen LogP contribution in [0.2, 0.25) is 0 Å². The molecule has 1 aromatic carbocycles. The van der Waals surface area contributed by atoms with Crippen molar-refractivity contribution in [2.45, 2.75) is 13.3 Å². The first-order valence-corrected chi connectivity index (χ1v) is 8.06. The van der Waals surface area contributed by atoms with E-state index in [0.29, 0.717) is 6.42 Å². The van der Waals surface area contributed by atoms with Crippen LogP contribution < -0.4 is 5.32 Å². The lowest BCUT2D eigenvalue weighted by atomic mass is 10.3. The van der Waals surface area contributed by atoms with Crippen LogP contribution in [0.3, 0.4) is 0 Å². The Morgan fingerprint density at radius 2 is 1.94 bits per heavy atom. The van der Waals surface area contributed by atoms with E-state index in [4.69, 9.17) is 0 Å². The normalized spacial score (nSPS) is 11.6. The van der Waals surface area contributed by atoms with E-state index in [0.717, 1.165) is 12.1 Å².